The van der Waals surface area contributed by atoms with Crippen LogP contribution in [0.2, 0.25) is 0 Å². The first-order valence-corrected chi connectivity index (χ1v) is 8.23. The Balaban J connectivity index is 1.47. The van der Waals surface area contributed by atoms with Gasteiger partial charge in [-0.15, -0.1) is 0 Å². The van der Waals surface area contributed by atoms with E-state index in [1.54, 1.807) is 6.20 Å². The number of imidazole rings is 1. The smallest absolute Gasteiger partial charge is 0.137 e. The number of aliphatic hydroxyl groups excluding tert-OH is 1. The first kappa shape index (κ1) is 15.0. The third kappa shape index (κ3) is 3.65. The van der Waals surface area contributed by atoms with E-state index in [0.29, 0.717) is 12.0 Å². The molecule has 0 aromatic carbocycles. The molecule has 21 heavy (non-hydrogen) atoms. The van der Waals surface area contributed by atoms with Gasteiger partial charge in [-0.3, -0.25) is 0 Å². The molecule has 0 aliphatic carbocycles. The highest BCUT2D eigenvalue weighted by molar-refractivity contribution is 4.98. The third-order valence-electron chi connectivity index (χ3n) is 4.94. The fourth-order valence-corrected chi connectivity index (χ4v) is 3.56. The van der Waals surface area contributed by atoms with Crippen molar-refractivity contribution in [1.29, 1.82) is 0 Å². The van der Waals surface area contributed by atoms with Crippen molar-refractivity contribution in [2.45, 2.75) is 44.3 Å². The van der Waals surface area contributed by atoms with E-state index in [9.17, 15) is 5.11 Å². The van der Waals surface area contributed by atoms with E-state index in [-0.39, 0.29) is 0 Å². The van der Waals surface area contributed by atoms with Crippen LogP contribution >= 0.6 is 0 Å². The number of hydrogen-bond acceptors (Lipinski definition) is 4. The number of hydrogen-bond donors (Lipinski definition) is 1. The third-order valence-corrected chi connectivity index (χ3v) is 4.94. The molecule has 0 amide bonds. The van der Waals surface area contributed by atoms with Gasteiger partial charge < -0.3 is 19.3 Å². The molecule has 3 rings (SSSR count). The molecule has 5 nitrogen and oxygen atoms in total. The molecule has 1 aromatic rings. The van der Waals surface area contributed by atoms with Crippen molar-refractivity contribution in [1.82, 2.24) is 14.5 Å². The number of piperidine rings is 1. The largest absolute Gasteiger partial charge is 0.385 e. The van der Waals surface area contributed by atoms with Gasteiger partial charge in [0.1, 0.15) is 11.9 Å². The second-order valence-electron chi connectivity index (χ2n) is 6.47. The van der Waals surface area contributed by atoms with Gasteiger partial charge in [0.2, 0.25) is 0 Å². The number of aliphatic hydroxyl groups is 1. The number of aryl methyl sites for hydroxylation is 1. The van der Waals surface area contributed by atoms with Crippen molar-refractivity contribution in [2.24, 2.45) is 13.0 Å². The Morgan fingerprint density at radius 3 is 2.76 bits per heavy atom. The number of nitrogens with zero attached hydrogens (tertiary/aromatic N) is 3. The number of rotatable bonds is 4. The molecule has 2 aliphatic rings. The summed E-state index contributed by atoms with van der Waals surface area (Å²) in [5.41, 5.74) is 0. The van der Waals surface area contributed by atoms with E-state index in [4.69, 9.17) is 4.74 Å². The second kappa shape index (κ2) is 6.90. The summed E-state index contributed by atoms with van der Waals surface area (Å²) >= 11 is 0. The SMILES string of the molecule is Cn1ccnc1C(O)C1CCN(CC2CCCCO2)CC1. The molecule has 1 aromatic heterocycles. The number of ether oxygens (including phenoxy) is 1. The zero-order valence-corrected chi connectivity index (χ0v) is 12.9. The molecule has 3 heterocycles. The number of likely N-dealkylation sites (tertiary alicyclic amines) is 1. The first-order chi connectivity index (χ1) is 10.2. The summed E-state index contributed by atoms with van der Waals surface area (Å²) in [6.45, 7) is 4.11. The summed E-state index contributed by atoms with van der Waals surface area (Å²) in [6, 6.07) is 0. The highest BCUT2D eigenvalue weighted by Crippen LogP contribution is 2.30. The van der Waals surface area contributed by atoms with Crippen LogP contribution < -0.4 is 0 Å². The Morgan fingerprint density at radius 1 is 1.33 bits per heavy atom. The van der Waals surface area contributed by atoms with Crippen LogP contribution in [0.1, 0.15) is 44.0 Å². The molecule has 5 heteroatoms. The van der Waals surface area contributed by atoms with Crippen LogP contribution in [0.25, 0.3) is 0 Å². The predicted octanol–water partition coefficient (Wildman–Crippen LogP) is 1.73. The molecule has 2 fully saturated rings. The van der Waals surface area contributed by atoms with Gasteiger partial charge in [-0.2, -0.15) is 0 Å². The van der Waals surface area contributed by atoms with E-state index in [1.807, 2.05) is 17.8 Å². The molecule has 0 spiro atoms. The van der Waals surface area contributed by atoms with Gasteiger partial charge in [0, 0.05) is 32.6 Å². The molecule has 2 aliphatic heterocycles. The van der Waals surface area contributed by atoms with Gasteiger partial charge in [-0.05, 0) is 51.1 Å². The maximum Gasteiger partial charge on any atom is 0.137 e. The van der Waals surface area contributed by atoms with Crippen molar-refractivity contribution in [3.63, 3.8) is 0 Å². The predicted molar refractivity (Wildman–Crippen MR) is 80.9 cm³/mol. The zero-order valence-electron chi connectivity index (χ0n) is 12.9. The Labute approximate surface area is 126 Å². The topological polar surface area (TPSA) is 50.5 Å². The molecular formula is C16H27N3O2. The quantitative estimate of drug-likeness (QED) is 0.918. The number of aromatic nitrogens is 2. The van der Waals surface area contributed by atoms with Crippen LogP contribution in [0.4, 0.5) is 0 Å². The molecule has 2 saturated heterocycles. The lowest BCUT2D eigenvalue weighted by Crippen LogP contribution is -2.41. The van der Waals surface area contributed by atoms with Crippen molar-refractivity contribution in [3.8, 4) is 0 Å². The van der Waals surface area contributed by atoms with Crippen LogP contribution in [0.15, 0.2) is 12.4 Å². The average Bonchev–Trinajstić information content (AvgIpc) is 2.94. The normalized spacial score (nSPS) is 26.9. The van der Waals surface area contributed by atoms with E-state index >= 15 is 0 Å². The second-order valence-corrected chi connectivity index (χ2v) is 6.47. The molecule has 2 unspecified atom stereocenters. The van der Waals surface area contributed by atoms with Crippen molar-refractivity contribution in [3.05, 3.63) is 18.2 Å². The Hall–Kier alpha value is -0.910. The van der Waals surface area contributed by atoms with E-state index in [2.05, 4.69) is 9.88 Å². The molecule has 0 saturated carbocycles. The van der Waals surface area contributed by atoms with E-state index in [1.165, 1.54) is 19.3 Å². The first-order valence-electron chi connectivity index (χ1n) is 8.23. The Bertz CT molecular complexity index is 434. The van der Waals surface area contributed by atoms with Crippen LogP contribution in [0, 0.1) is 5.92 Å². The summed E-state index contributed by atoms with van der Waals surface area (Å²) in [4.78, 5) is 6.78. The monoisotopic (exact) mass is 293 g/mol. The Kier molecular flexibility index (Phi) is 4.93. The fraction of sp³-hybridized carbons (Fsp3) is 0.812. The van der Waals surface area contributed by atoms with Crippen LogP contribution in [-0.4, -0.2) is 51.9 Å². The maximum absolute atomic E-state index is 10.5. The molecule has 118 valence electrons. The maximum atomic E-state index is 10.5. The van der Waals surface area contributed by atoms with Gasteiger partial charge in [-0.1, -0.05) is 0 Å². The molecule has 1 N–H and O–H groups in total. The molecule has 0 bridgehead atoms. The van der Waals surface area contributed by atoms with Gasteiger partial charge in [0.05, 0.1) is 6.10 Å². The molecule has 0 radical (unpaired) electrons. The summed E-state index contributed by atoms with van der Waals surface area (Å²) in [7, 11) is 1.95. The molecule has 2 atom stereocenters. The van der Waals surface area contributed by atoms with Gasteiger partial charge >= 0.3 is 0 Å². The highest BCUT2D eigenvalue weighted by Gasteiger charge is 2.29. The standard InChI is InChI=1S/C16H27N3O2/c1-18-10-7-17-16(18)15(20)13-5-8-19(9-6-13)12-14-4-2-3-11-21-14/h7,10,13-15,20H,2-6,8-9,11-12H2,1H3. The summed E-state index contributed by atoms with van der Waals surface area (Å²) in [6.07, 6.45) is 9.46. The lowest BCUT2D eigenvalue weighted by atomic mass is 9.90. The Morgan fingerprint density at radius 2 is 2.14 bits per heavy atom. The van der Waals surface area contributed by atoms with Crippen molar-refractivity contribution in [2.75, 3.05) is 26.2 Å². The van der Waals surface area contributed by atoms with Crippen LogP contribution in [-0.2, 0) is 11.8 Å². The summed E-state index contributed by atoms with van der Waals surface area (Å²) in [5, 5.41) is 10.5. The van der Waals surface area contributed by atoms with Gasteiger partial charge in [0.25, 0.3) is 0 Å². The van der Waals surface area contributed by atoms with Crippen LogP contribution in [0.3, 0.4) is 0 Å². The van der Waals surface area contributed by atoms with Crippen molar-refractivity contribution < 1.29 is 9.84 Å². The van der Waals surface area contributed by atoms with Gasteiger partial charge in [-0.25, -0.2) is 4.98 Å². The summed E-state index contributed by atoms with van der Waals surface area (Å²) < 4.78 is 7.75. The minimum atomic E-state index is -0.432. The van der Waals surface area contributed by atoms with Gasteiger partial charge in [0.15, 0.2) is 0 Å². The van der Waals surface area contributed by atoms with Crippen molar-refractivity contribution >= 4 is 0 Å². The van der Waals surface area contributed by atoms with Crippen LogP contribution in [0.5, 0.6) is 0 Å². The average molecular weight is 293 g/mol. The zero-order chi connectivity index (χ0) is 14.7. The van der Waals surface area contributed by atoms with E-state index in [0.717, 1.165) is 44.9 Å². The highest BCUT2D eigenvalue weighted by atomic mass is 16.5. The fourth-order valence-electron chi connectivity index (χ4n) is 3.56. The minimum Gasteiger partial charge on any atom is -0.385 e. The van der Waals surface area contributed by atoms with E-state index < -0.39 is 6.10 Å². The minimum absolute atomic E-state index is 0.328. The molecular weight excluding hydrogens is 266 g/mol. The lowest BCUT2D eigenvalue weighted by Gasteiger charge is -2.36. The lowest BCUT2D eigenvalue weighted by molar-refractivity contribution is -0.0186. The summed E-state index contributed by atoms with van der Waals surface area (Å²) in [5.74, 6) is 1.12.